The van der Waals surface area contributed by atoms with Gasteiger partial charge >= 0.3 is 5.97 Å². The third kappa shape index (κ3) is 10.1. The lowest BCUT2D eigenvalue weighted by molar-refractivity contribution is -0.147. The van der Waals surface area contributed by atoms with Gasteiger partial charge in [-0.3, -0.25) is 9.59 Å². The Morgan fingerprint density at radius 1 is 1.17 bits per heavy atom. The minimum Gasteiger partial charge on any atom is -0.465 e. The second kappa shape index (κ2) is 11.1. The zero-order valence-corrected chi connectivity index (χ0v) is 11.8. The summed E-state index contributed by atoms with van der Waals surface area (Å²) in [4.78, 5) is 21.7. The quantitative estimate of drug-likeness (QED) is 0.324. The fourth-order valence-electron chi connectivity index (χ4n) is 1.78. The van der Waals surface area contributed by atoms with Gasteiger partial charge in [0.15, 0.2) is 0 Å². The van der Waals surface area contributed by atoms with Gasteiger partial charge in [-0.2, -0.15) is 0 Å². The van der Waals surface area contributed by atoms with Gasteiger partial charge in [0.1, 0.15) is 6.10 Å². The molecule has 0 bridgehead atoms. The smallest absolute Gasteiger partial charge is 0.306 e. The van der Waals surface area contributed by atoms with Crippen LogP contribution in [-0.4, -0.2) is 24.6 Å². The van der Waals surface area contributed by atoms with E-state index in [1.807, 2.05) is 13.8 Å². The predicted octanol–water partition coefficient (Wildman–Crippen LogP) is 3.23. The Morgan fingerprint density at radius 3 is 2.39 bits per heavy atom. The molecule has 1 atom stereocenters. The summed E-state index contributed by atoms with van der Waals surface area (Å²) in [5.74, 6) is -0.177. The average molecular weight is 258 g/mol. The van der Waals surface area contributed by atoms with Crippen molar-refractivity contribution in [1.82, 2.24) is 0 Å². The molecule has 0 amide bonds. The lowest BCUT2D eigenvalue weighted by Crippen LogP contribution is -2.15. The van der Waals surface area contributed by atoms with Crippen LogP contribution in [0.4, 0.5) is 0 Å². The maximum Gasteiger partial charge on any atom is 0.306 e. The van der Waals surface area contributed by atoms with E-state index in [-0.39, 0.29) is 18.2 Å². The molecule has 106 valence electrons. The molecule has 0 aromatic carbocycles. The van der Waals surface area contributed by atoms with Gasteiger partial charge in [0.2, 0.25) is 0 Å². The Balaban J connectivity index is 3.74. The molecule has 0 fully saturated rings. The summed E-state index contributed by atoms with van der Waals surface area (Å²) in [6.45, 7) is 6.31. The largest absolute Gasteiger partial charge is 0.465 e. The van der Waals surface area contributed by atoms with Gasteiger partial charge in [0, 0.05) is 6.42 Å². The molecule has 0 aliphatic rings. The molecule has 1 unspecified atom stereocenters. The molecule has 0 saturated carbocycles. The molecule has 18 heavy (non-hydrogen) atoms. The Hall–Kier alpha value is -1.06. The summed E-state index contributed by atoms with van der Waals surface area (Å²) in [6, 6.07) is 0. The maximum atomic E-state index is 11.3. The lowest BCUT2D eigenvalue weighted by Gasteiger charge is -2.14. The van der Waals surface area contributed by atoms with Crippen LogP contribution < -0.4 is 0 Å². The van der Waals surface area contributed by atoms with Crippen LogP contribution in [0.1, 0.15) is 65.7 Å². The maximum absolute atomic E-state index is 11.3. The molecular formula is C14H26O4. The fourth-order valence-corrected chi connectivity index (χ4v) is 1.78. The number of ether oxygens (including phenoxy) is 2. The average Bonchev–Trinajstić information content (AvgIpc) is 2.28. The molecule has 0 heterocycles. The highest BCUT2D eigenvalue weighted by Gasteiger charge is 2.11. The first-order chi connectivity index (χ1) is 8.60. The van der Waals surface area contributed by atoms with Crippen LogP contribution in [0.5, 0.6) is 0 Å². The molecule has 4 nitrogen and oxygen atoms in total. The molecule has 0 aromatic heterocycles. The second-order valence-electron chi connectivity index (χ2n) is 4.78. The molecule has 0 aliphatic heterocycles. The first kappa shape index (κ1) is 16.9. The van der Waals surface area contributed by atoms with Crippen molar-refractivity contribution >= 4 is 12.4 Å². The van der Waals surface area contributed by atoms with Gasteiger partial charge in [-0.25, -0.2) is 0 Å². The summed E-state index contributed by atoms with van der Waals surface area (Å²) in [5.41, 5.74) is 0. The minimum absolute atomic E-state index is 0.0547. The zero-order chi connectivity index (χ0) is 13.8. The Bertz CT molecular complexity index is 226. The van der Waals surface area contributed by atoms with E-state index in [0.29, 0.717) is 19.3 Å². The van der Waals surface area contributed by atoms with E-state index >= 15 is 0 Å². The summed E-state index contributed by atoms with van der Waals surface area (Å²) in [6.07, 6.45) is 5.95. The minimum atomic E-state index is -0.177. The topological polar surface area (TPSA) is 52.6 Å². The second-order valence-corrected chi connectivity index (χ2v) is 4.78. The van der Waals surface area contributed by atoms with E-state index < -0.39 is 0 Å². The van der Waals surface area contributed by atoms with Crippen LogP contribution in [0.3, 0.4) is 0 Å². The zero-order valence-electron chi connectivity index (χ0n) is 11.8. The Labute approximate surface area is 110 Å². The van der Waals surface area contributed by atoms with Crippen LogP contribution in [0, 0.1) is 0 Å². The van der Waals surface area contributed by atoms with Gasteiger partial charge < -0.3 is 9.47 Å². The summed E-state index contributed by atoms with van der Waals surface area (Å²) in [7, 11) is 0. The molecule has 0 spiro atoms. The van der Waals surface area contributed by atoms with Crippen molar-refractivity contribution in [2.45, 2.75) is 77.9 Å². The molecule has 0 aromatic rings. The number of carbonyl (C=O) groups excluding carboxylic acids is 2. The van der Waals surface area contributed by atoms with E-state index in [9.17, 15) is 9.59 Å². The normalized spacial score (nSPS) is 12.2. The number of hydrogen-bond donors (Lipinski definition) is 0. The predicted molar refractivity (Wildman–Crippen MR) is 70.2 cm³/mol. The van der Waals surface area contributed by atoms with Gasteiger partial charge in [0.05, 0.1) is 6.10 Å². The van der Waals surface area contributed by atoms with Gasteiger partial charge in [0.25, 0.3) is 6.47 Å². The third-order valence-electron chi connectivity index (χ3n) is 2.65. The number of unbranched alkanes of at least 4 members (excludes halogenated alkanes) is 2. The van der Waals surface area contributed by atoms with Crippen molar-refractivity contribution in [3.05, 3.63) is 0 Å². The van der Waals surface area contributed by atoms with Crippen molar-refractivity contribution in [3.63, 3.8) is 0 Å². The highest BCUT2D eigenvalue weighted by atomic mass is 16.5. The van der Waals surface area contributed by atoms with Gasteiger partial charge in [-0.05, 0) is 39.5 Å². The standard InChI is InChI=1S/C14H26O4/c1-4-5-6-8-13(17-11-15)9-7-10-14(16)18-12(2)3/h11-13H,4-10H2,1-3H3. The highest BCUT2D eigenvalue weighted by Crippen LogP contribution is 2.13. The van der Waals surface area contributed by atoms with Crippen LogP contribution in [0.15, 0.2) is 0 Å². The third-order valence-corrected chi connectivity index (χ3v) is 2.65. The van der Waals surface area contributed by atoms with Crippen LogP contribution in [-0.2, 0) is 19.1 Å². The first-order valence-electron chi connectivity index (χ1n) is 6.88. The number of esters is 1. The van der Waals surface area contributed by atoms with E-state index in [0.717, 1.165) is 32.1 Å². The van der Waals surface area contributed by atoms with E-state index in [4.69, 9.17) is 9.47 Å². The molecule has 0 radical (unpaired) electrons. The van der Waals surface area contributed by atoms with E-state index in [1.54, 1.807) is 0 Å². The number of rotatable bonds is 11. The fraction of sp³-hybridized carbons (Fsp3) is 0.857. The Morgan fingerprint density at radius 2 is 1.83 bits per heavy atom. The molecule has 4 heteroatoms. The number of carbonyl (C=O) groups is 2. The van der Waals surface area contributed by atoms with E-state index in [2.05, 4.69) is 6.92 Å². The first-order valence-corrected chi connectivity index (χ1v) is 6.88. The van der Waals surface area contributed by atoms with Crippen molar-refractivity contribution in [2.24, 2.45) is 0 Å². The molecule has 0 aliphatic carbocycles. The Kier molecular flexibility index (Phi) is 10.4. The van der Waals surface area contributed by atoms with Crippen LogP contribution in [0.2, 0.25) is 0 Å². The van der Waals surface area contributed by atoms with Crippen LogP contribution >= 0.6 is 0 Å². The molecule has 0 rings (SSSR count). The molecule has 0 saturated heterocycles. The number of hydrogen-bond acceptors (Lipinski definition) is 4. The summed E-state index contributed by atoms with van der Waals surface area (Å²) in [5, 5.41) is 0. The SMILES string of the molecule is CCCCCC(CCCC(=O)OC(C)C)OC=O. The molecular weight excluding hydrogens is 232 g/mol. The molecule has 0 N–H and O–H groups in total. The van der Waals surface area contributed by atoms with Crippen molar-refractivity contribution in [1.29, 1.82) is 0 Å². The monoisotopic (exact) mass is 258 g/mol. The van der Waals surface area contributed by atoms with Gasteiger partial charge in [-0.15, -0.1) is 0 Å². The van der Waals surface area contributed by atoms with Crippen LogP contribution in [0.25, 0.3) is 0 Å². The summed E-state index contributed by atoms with van der Waals surface area (Å²) >= 11 is 0. The van der Waals surface area contributed by atoms with Crippen molar-refractivity contribution < 1.29 is 19.1 Å². The van der Waals surface area contributed by atoms with E-state index in [1.165, 1.54) is 0 Å². The summed E-state index contributed by atoms with van der Waals surface area (Å²) < 4.78 is 10.1. The van der Waals surface area contributed by atoms with Crippen molar-refractivity contribution in [2.75, 3.05) is 0 Å². The lowest BCUT2D eigenvalue weighted by atomic mass is 10.1. The highest BCUT2D eigenvalue weighted by molar-refractivity contribution is 5.69. The van der Waals surface area contributed by atoms with Gasteiger partial charge in [-0.1, -0.05) is 19.8 Å². The van der Waals surface area contributed by atoms with Crippen molar-refractivity contribution in [3.8, 4) is 0 Å².